The average Bonchev–Trinajstić information content (AvgIpc) is 4.16. The number of hydrogen-bond donors (Lipinski definition) is 4. The predicted molar refractivity (Wildman–Crippen MR) is 283 cm³/mol. The Kier molecular flexibility index (Phi) is 18.3. The van der Waals surface area contributed by atoms with Crippen LogP contribution < -0.4 is 18.9 Å². The highest BCUT2D eigenvalue weighted by atomic mass is 35.5. The number of hydrogen-bond acceptors (Lipinski definition) is 14. The summed E-state index contributed by atoms with van der Waals surface area (Å²) in [6.45, 7) is 4.84. The molecule has 0 saturated heterocycles. The molecule has 0 fully saturated rings. The predicted octanol–water partition coefficient (Wildman–Crippen LogP) is 8.32. The Balaban J connectivity index is 0.983. The summed E-state index contributed by atoms with van der Waals surface area (Å²) >= 11 is 13.8. The molecule has 0 bridgehead atoms. The van der Waals surface area contributed by atoms with E-state index < -0.39 is 12.1 Å². The highest BCUT2D eigenvalue weighted by Gasteiger charge is 2.21. The minimum absolute atomic E-state index is 0.214. The van der Waals surface area contributed by atoms with Crippen LogP contribution in [0.3, 0.4) is 0 Å². The smallest absolute Gasteiger partial charge is 0.153 e. The van der Waals surface area contributed by atoms with Gasteiger partial charge in [0.15, 0.2) is 11.6 Å². The number of aliphatic hydroxyl groups is 4. The van der Waals surface area contributed by atoms with Gasteiger partial charge in [0.1, 0.15) is 49.4 Å². The van der Waals surface area contributed by atoms with E-state index in [4.69, 9.17) is 42.1 Å². The van der Waals surface area contributed by atoms with Gasteiger partial charge in [0.05, 0.1) is 48.6 Å². The quantitative estimate of drug-likeness (QED) is 0.0428. The number of nitrogens with zero attached hydrogens (tertiary/aromatic N) is 8. The second-order valence-corrected chi connectivity index (χ2v) is 18.7. The summed E-state index contributed by atoms with van der Waals surface area (Å²) in [6.07, 6.45) is 10.5. The van der Waals surface area contributed by atoms with Crippen molar-refractivity contribution in [3.8, 4) is 45.8 Å². The number of likely N-dealkylation sites (N-methyl/N-ethyl adjacent to an activating group) is 2. The lowest BCUT2D eigenvalue weighted by atomic mass is 9.92. The van der Waals surface area contributed by atoms with Crippen molar-refractivity contribution < 1.29 is 39.4 Å². The lowest BCUT2D eigenvalue weighted by Gasteiger charge is -2.26. The van der Waals surface area contributed by atoms with E-state index in [-0.39, 0.29) is 52.9 Å². The fourth-order valence-electron chi connectivity index (χ4n) is 8.34. The van der Waals surface area contributed by atoms with Crippen molar-refractivity contribution in [2.24, 2.45) is 0 Å². The molecule has 8 rings (SSSR count). The summed E-state index contributed by atoms with van der Waals surface area (Å²) in [5, 5.41) is 48.8. The highest BCUT2D eigenvalue weighted by molar-refractivity contribution is 6.32. The third kappa shape index (κ3) is 13.1. The van der Waals surface area contributed by atoms with Gasteiger partial charge in [-0.1, -0.05) is 71.7 Å². The average molecular weight is 1040 g/mol. The molecule has 74 heavy (non-hydrogen) atoms. The molecule has 0 spiro atoms. The van der Waals surface area contributed by atoms with Crippen molar-refractivity contribution in [2.75, 3.05) is 40.5 Å². The number of benzene rings is 4. The highest BCUT2D eigenvalue weighted by Crippen LogP contribution is 2.38. The molecule has 386 valence electrons. The molecule has 4 N–H and O–H groups in total. The first-order valence-corrected chi connectivity index (χ1v) is 24.8. The monoisotopic (exact) mass is 1040 g/mol. The van der Waals surface area contributed by atoms with Gasteiger partial charge in [-0.25, -0.2) is 19.3 Å². The van der Waals surface area contributed by atoms with Crippen LogP contribution in [-0.4, -0.2) is 112 Å². The first-order valence-electron chi connectivity index (χ1n) is 24.0. The lowest BCUT2D eigenvalue weighted by Crippen LogP contribution is -2.37. The van der Waals surface area contributed by atoms with Crippen molar-refractivity contribution >= 4 is 23.2 Å². The van der Waals surface area contributed by atoms with Crippen LogP contribution in [-0.2, 0) is 39.5 Å². The third-order valence-electron chi connectivity index (χ3n) is 13.0. The Morgan fingerprint density at radius 2 is 0.905 bits per heavy atom. The molecule has 0 aliphatic heterocycles. The maximum atomic E-state index is 9.89. The summed E-state index contributed by atoms with van der Waals surface area (Å²) < 4.78 is 29.1. The lowest BCUT2D eigenvalue weighted by molar-refractivity contribution is 0.0863. The van der Waals surface area contributed by atoms with Crippen LogP contribution in [0.4, 0.5) is 0 Å². The van der Waals surface area contributed by atoms with Crippen LogP contribution in [0.25, 0.3) is 22.8 Å². The second-order valence-electron chi connectivity index (χ2n) is 17.9. The van der Waals surface area contributed by atoms with Gasteiger partial charge in [0.2, 0.25) is 0 Å². The van der Waals surface area contributed by atoms with Crippen molar-refractivity contribution in [2.45, 2.75) is 65.4 Å². The van der Waals surface area contributed by atoms with Gasteiger partial charge in [-0.2, -0.15) is 10.2 Å². The fraction of sp³-hybridized carbons (Fsp3) is 0.286. The number of ether oxygens (including phenoxy) is 4. The van der Waals surface area contributed by atoms with Gasteiger partial charge in [-0.3, -0.25) is 9.80 Å². The third-order valence-corrected chi connectivity index (χ3v) is 13.6. The Hall–Kier alpha value is -6.86. The zero-order valence-electron chi connectivity index (χ0n) is 41.7. The zero-order chi connectivity index (χ0) is 52.1. The van der Waals surface area contributed by atoms with Crippen LogP contribution in [0.15, 0.2) is 134 Å². The first-order chi connectivity index (χ1) is 36.0. The Morgan fingerprint density at radius 3 is 1.26 bits per heavy atom. The van der Waals surface area contributed by atoms with Gasteiger partial charge >= 0.3 is 0 Å². The van der Waals surface area contributed by atoms with Crippen LogP contribution in [0.1, 0.15) is 44.5 Å². The molecule has 8 aromatic rings. The van der Waals surface area contributed by atoms with Gasteiger partial charge in [-0.15, -0.1) is 0 Å². The molecule has 16 nitrogen and oxygen atoms in total. The maximum Gasteiger partial charge on any atom is 0.153 e. The normalized spacial score (nSPS) is 11.6. The standard InChI is InChI=1S/C56H60Cl2N8O8/c1-37-41(35-73-53-23-51(43(21-49(53)57)27-63(3)45(29-67)30-68)71-33-39-13-15-55(59-25-39)65-19-7-17-61-65)9-5-11-47(37)48-12-6-10-42(38(48)2)36-74-54-24-52(44(22-50(54)58)28-64(4)46(31-69)32-70)72-34-40-14-16-56(60-26-40)66-20-8-18-62-66/h5-26,45-46,67-70H,27-36H2,1-4H3. The van der Waals surface area contributed by atoms with E-state index in [2.05, 4.69) is 46.1 Å². The molecule has 4 aromatic carbocycles. The topological polar surface area (TPSA) is 186 Å². The summed E-state index contributed by atoms with van der Waals surface area (Å²) in [5.74, 6) is 3.31. The van der Waals surface area contributed by atoms with Crippen molar-refractivity contribution in [3.63, 3.8) is 0 Å². The number of pyridine rings is 2. The van der Waals surface area contributed by atoms with E-state index in [0.29, 0.717) is 57.8 Å². The van der Waals surface area contributed by atoms with E-state index in [1.54, 1.807) is 58.4 Å². The Bertz CT molecular complexity index is 2860. The van der Waals surface area contributed by atoms with Crippen LogP contribution in [0.5, 0.6) is 23.0 Å². The largest absolute Gasteiger partial charge is 0.488 e. The van der Waals surface area contributed by atoms with Crippen molar-refractivity contribution in [1.29, 1.82) is 0 Å². The summed E-state index contributed by atoms with van der Waals surface area (Å²) in [6, 6.07) is 29.8. The molecule has 0 radical (unpaired) electrons. The van der Waals surface area contributed by atoms with Crippen LogP contribution in [0, 0.1) is 13.8 Å². The molecular formula is C56H60Cl2N8O8. The van der Waals surface area contributed by atoms with Crippen molar-refractivity contribution in [1.82, 2.24) is 39.3 Å². The fourth-order valence-corrected chi connectivity index (χ4v) is 8.82. The van der Waals surface area contributed by atoms with Crippen LogP contribution >= 0.6 is 23.2 Å². The Labute approximate surface area is 440 Å². The molecule has 0 atom stereocenters. The molecule has 0 unspecified atom stereocenters. The zero-order valence-corrected chi connectivity index (χ0v) is 43.2. The minimum Gasteiger partial charge on any atom is -0.488 e. The second kappa shape index (κ2) is 25.4. The maximum absolute atomic E-state index is 9.89. The molecule has 4 heterocycles. The van der Waals surface area contributed by atoms with Gasteiger partial charge in [-0.05, 0) is 97.7 Å². The first kappa shape index (κ1) is 53.4. The van der Waals surface area contributed by atoms with E-state index in [9.17, 15) is 20.4 Å². The molecule has 0 aliphatic rings. The molecule has 0 amide bonds. The summed E-state index contributed by atoms with van der Waals surface area (Å²) in [7, 11) is 3.64. The number of aromatic nitrogens is 6. The molecule has 18 heteroatoms. The van der Waals surface area contributed by atoms with E-state index in [1.807, 2.05) is 97.0 Å². The molecule has 4 aromatic heterocycles. The van der Waals surface area contributed by atoms with Gasteiger partial charge in [0.25, 0.3) is 0 Å². The van der Waals surface area contributed by atoms with Gasteiger partial charge in [0, 0.05) is 84.7 Å². The van der Waals surface area contributed by atoms with Gasteiger partial charge < -0.3 is 39.4 Å². The number of halogens is 2. The summed E-state index contributed by atoms with van der Waals surface area (Å²) in [4.78, 5) is 12.8. The minimum atomic E-state index is -0.472. The summed E-state index contributed by atoms with van der Waals surface area (Å²) in [5.41, 5.74) is 9.24. The van der Waals surface area contributed by atoms with E-state index in [0.717, 1.165) is 55.6 Å². The van der Waals surface area contributed by atoms with Crippen molar-refractivity contribution in [3.05, 3.63) is 189 Å². The van der Waals surface area contributed by atoms with E-state index in [1.165, 1.54) is 0 Å². The van der Waals surface area contributed by atoms with Crippen LogP contribution in [0.2, 0.25) is 10.0 Å². The number of aliphatic hydroxyl groups excluding tert-OH is 4. The number of rotatable bonds is 25. The molecule has 0 aliphatic carbocycles. The molecular weight excluding hydrogens is 984 g/mol. The molecule has 0 saturated carbocycles. The Morgan fingerprint density at radius 1 is 0.500 bits per heavy atom. The van der Waals surface area contributed by atoms with E-state index >= 15 is 0 Å². The SMILES string of the molecule is Cc1c(COc2cc(OCc3ccc(-n4cccn4)nc3)c(CN(C)C(CO)CO)cc2Cl)cccc1-c1cccc(COc2cc(OCc3ccc(-n4cccn4)nc3)c(CN(C)C(CO)CO)cc2Cl)c1C.